The lowest BCUT2D eigenvalue weighted by Crippen LogP contribution is -2.09. The monoisotopic (exact) mass is 382 g/mol. The van der Waals surface area contributed by atoms with Gasteiger partial charge in [-0.05, 0) is 29.8 Å². The van der Waals surface area contributed by atoms with Crippen LogP contribution in [0.3, 0.4) is 0 Å². The Balaban J connectivity index is 1.75. The van der Waals surface area contributed by atoms with Gasteiger partial charge in [-0.2, -0.15) is 5.10 Å². The molecule has 0 amide bonds. The van der Waals surface area contributed by atoms with Crippen LogP contribution in [0.15, 0.2) is 60.2 Å². The molecule has 0 unspecified atom stereocenters. The molecule has 0 fully saturated rings. The summed E-state index contributed by atoms with van der Waals surface area (Å²) >= 11 is 0. The lowest BCUT2D eigenvalue weighted by atomic mass is 10.1. The van der Waals surface area contributed by atoms with E-state index in [0.29, 0.717) is 5.56 Å². The number of benzene rings is 2. The molecule has 12 nitrogen and oxygen atoms in total. The van der Waals surface area contributed by atoms with Gasteiger partial charge >= 0.3 is 5.97 Å². The van der Waals surface area contributed by atoms with Crippen LogP contribution in [0.1, 0.15) is 15.9 Å². The number of nitro groups is 2. The third kappa shape index (κ3) is 4.37. The molecule has 0 aliphatic rings. The summed E-state index contributed by atoms with van der Waals surface area (Å²) in [6.45, 7) is 0. The average Bonchev–Trinajstić information content (AvgIpc) is 3.20. The first-order valence-corrected chi connectivity index (χ1v) is 7.57. The molecule has 0 saturated heterocycles. The Morgan fingerprint density at radius 1 is 1.00 bits per heavy atom. The molecule has 2 aromatic carbocycles. The smallest absolute Gasteiger partial charge is 0.344 e. The molecule has 1 aromatic heterocycles. The highest BCUT2D eigenvalue weighted by molar-refractivity contribution is 5.92. The van der Waals surface area contributed by atoms with Gasteiger partial charge in [0.25, 0.3) is 11.4 Å². The summed E-state index contributed by atoms with van der Waals surface area (Å²) < 4.78 is 6.51. The molecular weight excluding hydrogens is 372 g/mol. The Morgan fingerprint density at radius 3 is 2.11 bits per heavy atom. The third-order valence-electron chi connectivity index (χ3n) is 3.40. The van der Waals surface area contributed by atoms with Gasteiger partial charge in [-0.15, -0.1) is 10.2 Å². The third-order valence-corrected chi connectivity index (χ3v) is 3.40. The summed E-state index contributed by atoms with van der Waals surface area (Å²) in [5, 5.41) is 33.1. The number of esters is 1. The summed E-state index contributed by atoms with van der Waals surface area (Å²) in [7, 11) is 0. The first-order valence-electron chi connectivity index (χ1n) is 7.57. The number of nitro benzene ring substituents is 2. The van der Waals surface area contributed by atoms with Crippen LogP contribution in [0.2, 0.25) is 0 Å². The highest BCUT2D eigenvalue weighted by atomic mass is 16.6. The lowest BCUT2D eigenvalue weighted by Gasteiger charge is -2.05. The van der Waals surface area contributed by atoms with Crippen LogP contribution in [-0.2, 0) is 0 Å². The number of hydrogen-bond donors (Lipinski definition) is 0. The minimum Gasteiger partial charge on any atom is -0.423 e. The lowest BCUT2D eigenvalue weighted by molar-refractivity contribution is -0.394. The fourth-order valence-corrected chi connectivity index (χ4v) is 2.10. The largest absolute Gasteiger partial charge is 0.423 e. The Hall–Kier alpha value is -4.48. The molecule has 0 spiro atoms. The van der Waals surface area contributed by atoms with E-state index in [2.05, 4.69) is 15.3 Å². The average molecular weight is 382 g/mol. The van der Waals surface area contributed by atoms with Gasteiger partial charge in [0.05, 0.1) is 27.7 Å². The zero-order valence-electron chi connectivity index (χ0n) is 13.9. The fraction of sp³-hybridized carbons (Fsp3) is 0. The maximum atomic E-state index is 12.2. The molecule has 0 N–H and O–H groups in total. The molecule has 0 radical (unpaired) electrons. The predicted octanol–water partition coefficient (Wildman–Crippen LogP) is 2.20. The highest BCUT2D eigenvalue weighted by Crippen LogP contribution is 2.24. The second-order valence-electron chi connectivity index (χ2n) is 5.30. The van der Waals surface area contributed by atoms with Crippen molar-refractivity contribution in [3.05, 3.63) is 86.5 Å². The molecular formula is C16H10N6O6. The number of non-ortho nitro benzene ring substituents is 2. The van der Waals surface area contributed by atoms with Crippen LogP contribution in [0.5, 0.6) is 5.75 Å². The number of aromatic nitrogens is 3. The van der Waals surface area contributed by atoms with Crippen molar-refractivity contribution in [1.29, 1.82) is 0 Å². The minimum absolute atomic E-state index is 0.153. The number of rotatable bonds is 6. The molecule has 3 aromatic rings. The van der Waals surface area contributed by atoms with E-state index < -0.39 is 27.2 Å². The number of nitrogens with zero attached hydrogens (tertiary/aromatic N) is 6. The van der Waals surface area contributed by atoms with Crippen molar-refractivity contribution in [3.63, 3.8) is 0 Å². The molecule has 12 heteroatoms. The molecule has 0 saturated carbocycles. The van der Waals surface area contributed by atoms with Gasteiger partial charge < -0.3 is 4.74 Å². The maximum absolute atomic E-state index is 12.2. The summed E-state index contributed by atoms with van der Waals surface area (Å²) in [6, 6.07) is 8.79. The molecule has 0 atom stereocenters. The van der Waals surface area contributed by atoms with Crippen LogP contribution >= 0.6 is 0 Å². The van der Waals surface area contributed by atoms with Gasteiger partial charge in [0.2, 0.25) is 0 Å². The van der Waals surface area contributed by atoms with Crippen LogP contribution in [0.4, 0.5) is 11.4 Å². The Bertz CT molecular complexity index is 1030. The van der Waals surface area contributed by atoms with E-state index in [-0.39, 0.29) is 11.3 Å². The van der Waals surface area contributed by atoms with Gasteiger partial charge in [-0.25, -0.2) is 9.47 Å². The summed E-state index contributed by atoms with van der Waals surface area (Å²) in [4.78, 5) is 32.4. The molecule has 0 bridgehead atoms. The molecule has 0 aliphatic carbocycles. The molecule has 3 rings (SSSR count). The number of hydrogen-bond acceptors (Lipinski definition) is 9. The van der Waals surface area contributed by atoms with Crippen molar-refractivity contribution >= 4 is 23.6 Å². The standard InChI is InChI=1S/C16H10N6O6/c23-16(12-5-13(21(24)25)7-14(6-12)22(26)27)28-15-3-1-11(2-4-15)8-19-20-9-17-18-10-20/h1-10H/b19-8+. The maximum Gasteiger partial charge on any atom is 0.344 e. The van der Waals surface area contributed by atoms with Gasteiger partial charge in [-0.3, -0.25) is 20.2 Å². The van der Waals surface area contributed by atoms with E-state index in [1.54, 1.807) is 12.1 Å². The van der Waals surface area contributed by atoms with Crippen molar-refractivity contribution < 1.29 is 19.4 Å². The quantitative estimate of drug-likeness (QED) is 0.206. The number of carbonyl (C=O) groups excluding carboxylic acids is 1. The van der Waals surface area contributed by atoms with Crippen molar-refractivity contribution in [2.75, 3.05) is 0 Å². The second kappa shape index (κ2) is 7.82. The van der Waals surface area contributed by atoms with Crippen molar-refractivity contribution in [2.24, 2.45) is 5.10 Å². The Morgan fingerprint density at radius 2 is 1.57 bits per heavy atom. The number of carbonyl (C=O) groups is 1. The van der Waals surface area contributed by atoms with Gasteiger partial charge in [0, 0.05) is 12.1 Å². The van der Waals surface area contributed by atoms with E-state index in [1.807, 2.05) is 0 Å². The first-order chi connectivity index (χ1) is 13.4. The van der Waals surface area contributed by atoms with Crippen LogP contribution in [0, 0.1) is 20.2 Å². The number of ether oxygens (including phenoxy) is 1. The zero-order valence-corrected chi connectivity index (χ0v) is 13.9. The minimum atomic E-state index is -0.960. The van der Waals surface area contributed by atoms with E-state index in [0.717, 1.165) is 18.2 Å². The van der Waals surface area contributed by atoms with Crippen molar-refractivity contribution in [1.82, 2.24) is 14.9 Å². The SMILES string of the molecule is O=C(Oc1ccc(/C=N/n2cnnc2)cc1)c1cc([N+](=O)[O-])cc([N+](=O)[O-])c1. The summed E-state index contributed by atoms with van der Waals surface area (Å²) in [5.41, 5.74) is -0.776. The molecule has 28 heavy (non-hydrogen) atoms. The van der Waals surface area contributed by atoms with Crippen LogP contribution in [-0.4, -0.2) is 36.9 Å². The highest BCUT2D eigenvalue weighted by Gasteiger charge is 2.21. The zero-order chi connectivity index (χ0) is 20.1. The van der Waals surface area contributed by atoms with E-state index >= 15 is 0 Å². The van der Waals surface area contributed by atoms with Crippen molar-refractivity contribution in [2.45, 2.75) is 0 Å². The summed E-state index contributed by atoms with van der Waals surface area (Å²) in [5.74, 6) is -0.807. The normalized spacial score (nSPS) is 10.7. The van der Waals surface area contributed by atoms with Crippen molar-refractivity contribution in [3.8, 4) is 5.75 Å². The van der Waals surface area contributed by atoms with E-state index in [9.17, 15) is 25.0 Å². The summed E-state index contributed by atoms with van der Waals surface area (Å²) in [6.07, 6.45) is 4.34. The van der Waals surface area contributed by atoms with Gasteiger partial charge in [-0.1, -0.05) is 0 Å². The first kappa shape index (κ1) is 18.3. The topological polar surface area (TPSA) is 156 Å². The molecule has 140 valence electrons. The molecule has 0 aliphatic heterocycles. The van der Waals surface area contributed by atoms with E-state index in [1.165, 1.54) is 35.7 Å². The van der Waals surface area contributed by atoms with Crippen LogP contribution in [0.25, 0.3) is 0 Å². The molecule has 1 heterocycles. The van der Waals surface area contributed by atoms with Gasteiger partial charge in [0.15, 0.2) is 0 Å². The second-order valence-corrected chi connectivity index (χ2v) is 5.30. The fourth-order valence-electron chi connectivity index (χ4n) is 2.10. The van der Waals surface area contributed by atoms with Crippen LogP contribution < -0.4 is 4.74 Å². The Labute approximate surface area is 156 Å². The van der Waals surface area contributed by atoms with E-state index in [4.69, 9.17) is 4.74 Å². The predicted molar refractivity (Wildman–Crippen MR) is 94.2 cm³/mol. The Kier molecular flexibility index (Phi) is 5.12. The van der Waals surface area contributed by atoms with Gasteiger partial charge in [0.1, 0.15) is 18.4 Å².